The van der Waals surface area contributed by atoms with Gasteiger partial charge < -0.3 is 4.55 Å². The minimum absolute atomic E-state index is 0.0652. The van der Waals surface area contributed by atoms with E-state index < -0.39 is 34.4 Å². The van der Waals surface area contributed by atoms with Crippen LogP contribution in [0.5, 0.6) is 0 Å². The highest BCUT2D eigenvalue weighted by molar-refractivity contribution is 7.90. The largest absolute Gasteiger partial charge is 0.598 e. The van der Waals surface area contributed by atoms with Crippen LogP contribution in [0.1, 0.15) is 37.9 Å². The van der Waals surface area contributed by atoms with Gasteiger partial charge in [-0.2, -0.15) is 5.26 Å². The maximum atomic E-state index is 13.7. The maximum absolute atomic E-state index is 13.7. The van der Waals surface area contributed by atoms with E-state index in [9.17, 15) is 17.7 Å². The standard InChI is InChI=1S/C13H15F3N2OS/c1-13(2,3)20(19)18-11(12(15)16)9-6-8(7-17)4-5-10(9)14/h4-6,11-12,18H,1-3H3/t11-,20?/m1/s1. The number of hydrogen-bond acceptors (Lipinski definition) is 3. The number of rotatable bonds is 4. The van der Waals surface area contributed by atoms with Crippen molar-refractivity contribution in [1.29, 1.82) is 5.26 Å². The molecule has 0 radical (unpaired) electrons. The molecular formula is C13H15F3N2OS. The molecule has 1 aromatic carbocycles. The molecule has 1 unspecified atom stereocenters. The molecule has 20 heavy (non-hydrogen) atoms. The van der Waals surface area contributed by atoms with Gasteiger partial charge in [-0.1, -0.05) is 0 Å². The molecule has 7 heteroatoms. The molecule has 0 aliphatic heterocycles. The number of alkyl halides is 2. The summed E-state index contributed by atoms with van der Waals surface area (Å²) in [7, 11) is 0. The van der Waals surface area contributed by atoms with Gasteiger partial charge in [-0.15, -0.1) is 4.72 Å². The van der Waals surface area contributed by atoms with Crippen molar-refractivity contribution < 1.29 is 17.7 Å². The quantitative estimate of drug-likeness (QED) is 0.870. The van der Waals surface area contributed by atoms with Crippen LogP contribution in [0.15, 0.2) is 18.2 Å². The van der Waals surface area contributed by atoms with Crippen LogP contribution in [-0.4, -0.2) is 15.7 Å². The lowest BCUT2D eigenvalue weighted by Gasteiger charge is -2.28. The number of nitrogens with one attached hydrogen (secondary N) is 1. The van der Waals surface area contributed by atoms with Gasteiger partial charge in [0.2, 0.25) is 0 Å². The summed E-state index contributed by atoms with van der Waals surface area (Å²) in [6.07, 6.45) is -2.95. The first-order valence-electron chi connectivity index (χ1n) is 5.82. The molecule has 0 bridgehead atoms. The minimum atomic E-state index is -2.95. The summed E-state index contributed by atoms with van der Waals surface area (Å²) in [4.78, 5) is 0. The van der Waals surface area contributed by atoms with E-state index in [4.69, 9.17) is 5.26 Å². The Hall–Kier alpha value is -1.23. The van der Waals surface area contributed by atoms with Gasteiger partial charge in [0.1, 0.15) is 16.6 Å². The Kier molecular flexibility index (Phi) is 5.45. The van der Waals surface area contributed by atoms with Gasteiger partial charge in [-0.05, 0) is 39.0 Å². The van der Waals surface area contributed by atoms with Crippen LogP contribution in [0.25, 0.3) is 0 Å². The summed E-state index contributed by atoms with van der Waals surface area (Å²) in [5, 5.41) is 8.74. The summed E-state index contributed by atoms with van der Waals surface area (Å²) in [5.74, 6) is -0.868. The SMILES string of the molecule is CC(C)(C)[S+]([O-])N[C@H](c1cc(C#N)ccc1F)C(F)F. The highest BCUT2D eigenvalue weighted by Crippen LogP contribution is 2.27. The zero-order valence-corrected chi connectivity index (χ0v) is 12.1. The van der Waals surface area contributed by atoms with Crippen LogP contribution in [0.4, 0.5) is 13.2 Å². The van der Waals surface area contributed by atoms with Crippen LogP contribution in [0.2, 0.25) is 0 Å². The number of nitrogens with zero attached hydrogens (tertiary/aromatic N) is 1. The van der Waals surface area contributed by atoms with Crippen LogP contribution >= 0.6 is 0 Å². The van der Waals surface area contributed by atoms with Crippen LogP contribution in [0.3, 0.4) is 0 Å². The predicted octanol–water partition coefficient (Wildman–Crippen LogP) is 3.06. The summed E-state index contributed by atoms with van der Waals surface area (Å²) >= 11 is -1.78. The molecule has 0 spiro atoms. The normalized spacial score (nSPS) is 14.9. The fraction of sp³-hybridized carbons (Fsp3) is 0.462. The molecule has 1 aromatic rings. The zero-order chi connectivity index (χ0) is 15.5. The van der Waals surface area contributed by atoms with Gasteiger partial charge in [0.25, 0.3) is 6.43 Å². The maximum Gasteiger partial charge on any atom is 0.262 e. The summed E-state index contributed by atoms with van der Waals surface area (Å²) in [6.45, 7) is 4.84. The Labute approximate surface area is 119 Å². The Balaban J connectivity index is 3.12. The third-order valence-corrected chi connectivity index (χ3v) is 4.08. The fourth-order valence-electron chi connectivity index (χ4n) is 1.39. The van der Waals surface area contributed by atoms with Crippen LogP contribution < -0.4 is 4.72 Å². The van der Waals surface area contributed by atoms with Gasteiger partial charge in [0.15, 0.2) is 0 Å². The van der Waals surface area contributed by atoms with Crippen molar-refractivity contribution in [1.82, 2.24) is 4.72 Å². The van der Waals surface area contributed by atoms with E-state index in [0.29, 0.717) is 0 Å². The molecule has 3 nitrogen and oxygen atoms in total. The van der Waals surface area contributed by atoms with E-state index in [1.807, 2.05) is 0 Å². The first-order valence-corrected chi connectivity index (χ1v) is 6.97. The van der Waals surface area contributed by atoms with E-state index in [2.05, 4.69) is 4.72 Å². The van der Waals surface area contributed by atoms with Crippen molar-refractivity contribution in [2.75, 3.05) is 0 Å². The molecule has 0 amide bonds. The van der Waals surface area contributed by atoms with Gasteiger partial charge in [-0.3, -0.25) is 0 Å². The first kappa shape index (κ1) is 16.8. The second kappa shape index (κ2) is 6.48. The molecular weight excluding hydrogens is 289 g/mol. The summed E-state index contributed by atoms with van der Waals surface area (Å²) < 4.78 is 53.3. The lowest BCUT2D eigenvalue weighted by atomic mass is 10.0. The molecule has 110 valence electrons. The Morgan fingerprint density at radius 1 is 1.35 bits per heavy atom. The number of nitriles is 1. The summed E-state index contributed by atoms with van der Waals surface area (Å²) in [6, 6.07) is 3.21. The second-order valence-corrected chi connectivity index (χ2v) is 7.16. The molecule has 1 rings (SSSR count). The molecule has 0 aliphatic carbocycles. The molecule has 0 saturated carbocycles. The van der Waals surface area contributed by atoms with E-state index in [-0.39, 0.29) is 11.1 Å². The van der Waals surface area contributed by atoms with Crippen LogP contribution in [-0.2, 0) is 11.4 Å². The number of hydrogen-bond donors (Lipinski definition) is 1. The molecule has 0 saturated heterocycles. The Morgan fingerprint density at radius 2 is 1.95 bits per heavy atom. The molecule has 0 aromatic heterocycles. The molecule has 0 fully saturated rings. The smallest absolute Gasteiger partial charge is 0.262 e. The van der Waals surface area contributed by atoms with Crippen molar-refractivity contribution in [2.45, 2.75) is 38.0 Å². The third kappa shape index (κ3) is 4.13. The molecule has 2 atom stereocenters. The molecule has 1 N–H and O–H groups in total. The topological polar surface area (TPSA) is 58.9 Å². The van der Waals surface area contributed by atoms with Gasteiger partial charge in [0.05, 0.1) is 11.6 Å². The predicted molar refractivity (Wildman–Crippen MR) is 70.9 cm³/mol. The van der Waals surface area contributed by atoms with E-state index >= 15 is 0 Å². The van der Waals surface area contributed by atoms with Crippen molar-refractivity contribution in [3.63, 3.8) is 0 Å². The average molecular weight is 304 g/mol. The Bertz CT molecular complexity index is 511. The lowest BCUT2D eigenvalue weighted by molar-refractivity contribution is 0.107. The van der Waals surface area contributed by atoms with Crippen molar-refractivity contribution in [3.8, 4) is 6.07 Å². The lowest BCUT2D eigenvalue weighted by Crippen LogP contribution is -2.43. The van der Waals surface area contributed by atoms with Gasteiger partial charge in [0, 0.05) is 16.9 Å². The van der Waals surface area contributed by atoms with Gasteiger partial charge >= 0.3 is 0 Å². The summed E-state index contributed by atoms with van der Waals surface area (Å²) in [5.41, 5.74) is -0.299. The molecule has 0 heterocycles. The van der Waals surface area contributed by atoms with Crippen molar-refractivity contribution >= 4 is 11.4 Å². The van der Waals surface area contributed by atoms with E-state index in [1.165, 1.54) is 6.07 Å². The van der Waals surface area contributed by atoms with Crippen molar-refractivity contribution in [3.05, 3.63) is 35.1 Å². The second-order valence-electron chi connectivity index (χ2n) is 5.16. The zero-order valence-electron chi connectivity index (χ0n) is 11.3. The minimum Gasteiger partial charge on any atom is -0.598 e. The highest BCUT2D eigenvalue weighted by atomic mass is 32.2. The average Bonchev–Trinajstić information content (AvgIpc) is 2.35. The van der Waals surface area contributed by atoms with E-state index in [1.54, 1.807) is 26.8 Å². The fourth-order valence-corrected chi connectivity index (χ4v) is 2.21. The van der Waals surface area contributed by atoms with E-state index in [0.717, 1.165) is 12.1 Å². The van der Waals surface area contributed by atoms with Crippen LogP contribution in [0, 0.1) is 17.1 Å². The first-order chi connectivity index (χ1) is 9.16. The highest BCUT2D eigenvalue weighted by Gasteiger charge is 2.35. The van der Waals surface area contributed by atoms with Gasteiger partial charge in [-0.25, -0.2) is 13.2 Å². The third-order valence-electron chi connectivity index (χ3n) is 2.50. The monoisotopic (exact) mass is 304 g/mol. The van der Waals surface area contributed by atoms with Crippen molar-refractivity contribution in [2.24, 2.45) is 0 Å². The number of halogens is 3. The number of benzene rings is 1. The molecule has 0 aliphatic rings. The Morgan fingerprint density at radius 3 is 2.40 bits per heavy atom.